The molecule has 0 radical (unpaired) electrons. The second-order valence-electron chi connectivity index (χ2n) is 6.24. The number of ketones is 1. The number of benzene rings is 2. The number of thioether (sulfide) groups is 1. The number of carbonyl (C=O) groups excluding carboxylic acids is 1. The van der Waals surface area contributed by atoms with Gasteiger partial charge in [0.15, 0.2) is 5.78 Å². The first-order chi connectivity index (χ1) is 15.8. The molecular formula is C20H11ClF4N2O4S2. The summed E-state index contributed by atoms with van der Waals surface area (Å²) < 4.78 is 65.2. The van der Waals surface area contributed by atoms with Crippen molar-refractivity contribution in [2.75, 3.05) is 5.75 Å². The van der Waals surface area contributed by atoms with Crippen LogP contribution in [-0.2, 0) is 0 Å². The van der Waals surface area contributed by atoms with Crippen LogP contribution >= 0.6 is 34.7 Å². The highest BCUT2D eigenvalue weighted by atomic mass is 35.5. The summed E-state index contributed by atoms with van der Waals surface area (Å²) in [6, 6.07) is 10.4. The Balaban J connectivity index is 1.49. The van der Waals surface area contributed by atoms with Crippen molar-refractivity contribution >= 4 is 50.6 Å². The molecule has 0 spiro atoms. The molecule has 0 aliphatic rings. The summed E-state index contributed by atoms with van der Waals surface area (Å²) >= 11 is 8.64. The monoisotopic (exact) mass is 518 g/mol. The summed E-state index contributed by atoms with van der Waals surface area (Å²) in [4.78, 5) is 13.1. The van der Waals surface area contributed by atoms with Gasteiger partial charge in [0.25, 0.3) is 11.1 Å². The fourth-order valence-corrected chi connectivity index (χ4v) is 4.90. The zero-order valence-corrected chi connectivity index (χ0v) is 18.5. The molecule has 0 bridgehead atoms. The van der Waals surface area contributed by atoms with E-state index in [-0.39, 0.29) is 22.4 Å². The van der Waals surface area contributed by atoms with E-state index in [0.29, 0.717) is 9.90 Å². The lowest BCUT2D eigenvalue weighted by Crippen LogP contribution is -2.10. The lowest BCUT2D eigenvalue weighted by molar-refractivity contribution is -0.0544. The van der Waals surface area contributed by atoms with Crippen molar-refractivity contribution in [3.63, 3.8) is 0 Å². The Morgan fingerprint density at radius 3 is 2.58 bits per heavy atom. The van der Waals surface area contributed by atoms with Crippen molar-refractivity contribution in [1.29, 1.82) is 0 Å². The van der Waals surface area contributed by atoms with Gasteiger partial charge in [-0.05, 0) is 18.2 Å². The summed E-state index contributed by atoms with van der Waals surface area (Å²) in [6.07, 6.45) is 0. The summed E-state index contributed by atoms with van der Waals surface area (Å²) in [5, 5.41) is 9.19. The summed E-state index contributed by atoms with van der Waals surface area (Å²) in [5.41, 5.74) is -0.239. The maximum Gasteiger partial charge on any atom is 0.387 e. The van der Waals surface area contributed by atoms with Crippen LogP contribution in [0.25, 0.3) is 20.9 Å². The van der Waals surface area contributed by atoms with Gasteiger partial charge in [-0.1, -0.05) is 41.6 Å². The predicted molar refractivity (Wildman–Crippen MR) is 115 cm³/mol. The smallest absolute Gasteiger partial charge is 0.387 e. The number of ether oxygens (including phenoxy) is 2. The van der Waals surface area contributed by atoms with E-state index in [9.17, 15) is 22.4 Å². The lowest BCUT2D eigenvalue weighted by Gasteiger charge is -2.12. The van der Waals surface area contributed by atoms with Gasteiger partial charge in [-0.25, -0.2) is 0 Å². The summed E-state index contributed by atoms with van der Waals surface area (Å²) in [5.74, 6) is -1.73. The number of carbonyl (C=O) groups is 1. The van der Waals surface area contributed by atoms with Crippen LogP contribution in [0.2, 0.25) is 5.02 Å². The van der Waals surface area contributed by atoms with Crippen LogP contribution in [0.4, 0.5) is 17.6 Å². The minimum atomic E-state index is -3.27. The molecule has 2 aromatic heterocycles. The molecule has 0 saturated carbocycles. The maximum absolute atomic E-state index is 12.7. The van der Waals surface area contributed by atoms with Crippen molar-refractivity contribution in [3.05, 3.63) is 53.1 Å². The van der Waals surface area contributed by atoms with Crippen molar-refractivity contribution in [2.24, 2.45) is 0 Å². The van der Waals surface area contributed by atoms with Crippen molar-refractivity contribution in [2.45, 2.75) is 18.4 Å². The Labute approximate surface area is 196 Å². The number of halogens is 5. The number of fused-ring (bicyclic) bond motifs is 1. The van der Waals surface area contributed by atoms with E-state index in [1.807, 2.05) is 24.3 Å². The van der Waals surface area contributed by atoms with E-state index in [2.05, 4.69) is 19.7 Å². The number of aromatic nitrogens is 2. The molecule has 2 heterocycles. The Hall–Kier alpha value is -2.83. The van der Waals surface area contributed by atoms with Crippen LogP contribution in [0.3, 0.4) is 0 Å². The molecule has 4 rings (SSSR count). The van der Waals surface area contributed by atoms with Gasteiger partial charge in [0.2, 0.25) is 0 Å². The van der Waals surface area contributed by atoms with Gasteiger partial charge < -0.3 is 13.9 Å². The van der Waals surface area contributed by atoms with Gasteiger partial charge in [-0.3, -0.25) is 4.79 Å². The Morgan fingerprint density at radius 2 is 1.85 bits per heavy atom. The second kappa shape index (κ2) is 9.98. The SMILES string of the molecule is O=C(CSc1nnc(-c2sc3ccccc3c2Cl)o1)c1ccc(OC(F)F)cc1OC(F)F. The third-order valence-electron chi connectivity index (χ3n) is 4.16. The molecule has 2 aromatic carbocycles. The number of nitrogens with zero attached hydrogens (tertiary/aromatic N) is 2. The van der Waals surface area contributed by atoms with E-state index in [0.717, 1.165) is 40.0 Å². The lowest BCUT2D eigenvalue weighted by atomic mass is 10.1. The van der Waals surface area contributed by atoms with Gasteiger partial charge >= 0.3 is 13.2 Å². The topological polar surface area (TPSA) is 74.5 Å². The molecule has 0 fully saturated rings. The zero-order valence-electron chi connectivity index (χ0n) is 16.1. The average molecular weight is 519 g/mol. The minimum absolute atomic E-state index is 0.0563. The number of Topliss-reactive ketones (excluding diaryl/α,β-unsaturated/α-hetero) is 1. The standard InChI is InChI=1S/C20H11ClF4N2O4S2/c21-15-11-3-1-2-4-14(11)33-16(15)17-26-27-20(31-17)32-8-12(28)10-6-5-9(29-18(22)23)7-13(10)30-19(24)25/h1-7,18-19H,8H2. The van der Waals surface area contributed by atoms with Crippen LogP contribution < -0.4 is 9.47 Å². The molecule has 4 aromatic rings. The highest BCUT2D eigenvalue weighted by Gasteiger charge is 2.21. The highest BCUT2D eigenvalue weighted by molar-refractivity contribution is 7.99. The second-order valence-corrected chi connectivity index (χ2v) is 8.60. The first kappa shape index (κ1) is 23.3. The van der Waals surface area contributed by atoms with E-state index >= 15 is 0 Å². The Morgan fingerprint density at radius 1 is 1.09 bits per heavy atom. The molecule has 0 saturated heterocycles. The van der Waals surface area contributed by atoms with E-state index in [1.54, 1.807) is 0 Å². The molecule has 0 aliphatic carbocycles. The summed E-state index contributed by atoms with van der Waals surface area (Å²) in [7, 11) is 0. The minimum Gasteiger partial charge on any atom is -0.435 e. The van der Waals surface area contributed by atoms with E-state index < -0.39 is 30.5 Å². The molecule has 0 unspecified atom stereocenters. The van der Waals surface area contributed by atoms with Crippen molar-refractivity contribution < 1.29 is 36.2 Å². The molecule has 0 N–H and O–H groups in total. The third kappa shape index (κ3) is 5.40. The highest BCUT2D eigenvalue weighted by Crippen LogP contribution is 2.41. The number of rotatable bonds is 9. The largest absolute Gasteiger partial charge is 0.435 e. The van der Waals surface area contributed by atoms with Crippen LogP contribution in [0, 0.1) is 0 Å². The Bertz CT molecular complexity index is 1300. The maximum atomic E-state index is 12.7. The summed E-state index contributed by atoms with van der Waals surface area (Å²) in [6.45, 7) is -6.43. The number of thiophene rings is 1. The fourth-order valence-electron chi connectivity index (χ4n) is 2.82. The quantitative estimate of drug-likeness (QED) is 0.137. The first-order valence-corrected chi connectivity index (χ1v) is 11.2. The first-order valence-electron chi connectivity index (χ1n) is 9.02. The Kier molecular flexibility index (Phi) is 7.05. The molecule has 0 atom stereocenters. The van der Waals surface area contributed by atoms with Gasteiger partial charge in [0.05, 0.1) is 16.3 Å². The van der Waals surface area contributed by atoms with Crippen LogP contribution in [0.1, 0.15) is 10.4 Å². The van der Waals surface area contributed by atoms with E-state index in [4.69, 9.17) is 16.0 Å². The number of hydrogen-bond donors (Lipinski definition) is 0. The van der Waals surface area contributed by atoms with E-state index in [1.165, 1.54) is 11.3 Å². The third-order valence-corrected chi connectivity index (χ3v) is 6.64. The fraction of sp³-hybridized carbons (Fsp3) is 0.150. The van der Waals surface area contributed by atoms with Gasteiger partial charge in [0.1, 0.15) is 16.4 Å². The molecule has 6 nitrogen and oxygen atoms in total. The molecule has 0 aliphatic heterocycles. The molecule has 172 valence electrons. The molecule has 0 amide bonds. The predicted octanol–water partition coefficient (Wildman–Crippen LogP) is 6.78. The van der Waals surface area contributed by atoms with Crippen molar-refractivity contribution in [1.82, 2.24) is 10.2 Å². The average Bonchev–Trinajstić information content (AvgIpc) is 3.36. The van der Waals surface area contributed by atoms with Crippen molar-refractivity contribution in [3.8, 4) is 22.3 Å². The van der Waals surface area contributed by atoms with Gasteiger partial charge in [-0.15, -0.1) is 21.5 Å². The number of alkyl halides is 4. The van der Waals surface area contributed by atoms with Gasteiger partial charge in [-0.2, -0.15) is 17.6 Å². The molecule has 13 heteroatoms. The molecular weight excluding hydrogens is 508 g/mol. The van der Waals surface area contributed by atoms with Crippen LogP contribution in [0.15, 0.2) is 52.1 Å². The van der Waals surface area contributed by atoms with Crippen LogP contribution in [0.5, 0.6) is 11.5 Å². The van der Waals surface area contributed by atoms with Crippen LogP contribution in [-0.4, -0.2) is 35.0 Å². The number of hydrogen-bond acceptors (Lipinski definition) is 8. The van der Waals surface area contributed by atoms with Gasteiger partial charge in [0, 0.05) is 16.2 Å². The molecule has 33 heavy (non-hydrogen) atoms. The zero-order chi connectivity index (χ0) is 23.5. The normalized spacial score (nSPS) is 11.5.